The molecular formula is C21H28N9O2+. The Bertz CT molecular complexity index is 1080. The van der Waals surface area contributed by atoms with E-state index in [1.807, 2.05) is 37.3 Å². The molecule has 3 aromatic rings. The molecule has 1 fully saturated rings. The highest BCUT2D eigenvalue weighted by Gasteiger charge is 2.28. The van der Waals surface area contributed by atoms with Gasteiger partial charge in [0.15, 0.2) is 5.69 Å². The molecule has 0 radical (unpaired) electrons. The van der Waals surface area contributed by atoms with Crippen molar-refractivity contribution in [3.05, 3.63) is 53.5 Å². The summed E-state index contributed by atoms with van der Waals surface area (Å²) in [5.74, 6) is 0.626. The minimum Gasteiger partial charge on any atom is -0.378 e. The van der Waals surface area contributed by atoms with Gasteiger partial charge in [0.05, 0.1) is 13.1 Å². The van der Waals surface area contributed by atoms with E-state index in [1.165, 1.54) is 9.58 Å². The second-order valence-electron chi connectivity index (χ2n) is 8.17. The van der Waals surface area contributed by atoms with Crippen molar-refractivity contribution in [3.8, 4) is 5.82 Å². The van der Waals surface area contributed by atoms with Gasteiger partial charge in [-0.25, -0.2) is 4.63 Å². The van der Waals surface area contributed by atoms with Crippen molar-refractivity contribution in [1.29, 1.82) is 0 Å². The number of hydrazine groups is 1. The zero-order chi connectivity index (χ0) is 22.5. The van der Waals surface area contributed by atoms with Crippen molar-refractivity contribution in [3.63, 3.8) is 0 Å². The molecule has 0 bridgehead atoms. The van der Waals surface area contributed by atoms with Gasteiger partial charge >= 0.3 is 0 Å². The third kappa shape index (κ3) is 4.78. The minimum absolute atomic E-state index is 0.0879. The molecule has 0 unspecified atom stereocenters. The minimum atomic E-state index is -0.400. The summed E-state index contributed by atoms with van der Waals surface area (Å²) in [5, 5.41) is 15.7. The van der Waals surface area contributed by atoms with E-state index in [-0.39, 0.29) is 17.3 Å². The molecule has 1 saturated heterocycles. The van der Waals surface area contributed by atoms with Gasteiger partial charge in [-0.15, -0.1) is 5.10 Å². The lowest BCUT2D eigenvalue weighted by atomic mass is 9.99. The van der Waals surface area contributed by atoms with Crippen LogP contribution in [-0.4, -0.2) is 44.3 Å². The van der Waals surface area contributed by atoms with Gasteiger partial charge in [-0.05, 0) is 47.1 Å². The number of likely N-dealkylation sites (tertiary alicyclic amines) is 1. The third-order valence-electron chi connectivity index (χ3n) is 5.78. The van der Waals surface area contributed by atoms with Crippen LogP contribution in [0.2, 0.25) is 0 Å². The highest BCUT2D eigenvalue weighted by molar-refractivity contribution is 5.93. The average molecular weight is 439 g/mol. The first-order chi connectivity index (χ1) is 15.5. The van der Waals surface area contributed by atoms with Gasteiger partial charge in [0.2, 0.25) is 11.6 Å². The van der Waals surface area contributed by atoms with E-state index in [2.05, 4.69) is 38.4 Å². The van der Waals surface area contributed by atoms with Crippen LogP contribution in [0.15, 0.2) is 41.2 Å². The Morgan fingerprint density at radius 3 is 2.72 bits per heavy atom. The molecule has 3 heterocycles. The predicted octanol–water partition coefficient (Wildman–Crippen LogP) is 0.343. The molecule has 2 aromatic heterocycles. The number of anilines is 1. The monoisotopic (exact) mass is 438 g/mol. The molecule has 168 valence electrons. The Morgan fingerprint density at radius 2 is 2.03 bits per heavy atom. The van der Waals surface area contributed by atoms with Crippen LogP contribution in [0.4, 0.5) is 5.82 Å². The van der Waals surface area contributed by atoms with E-state index in [9.17, 15) is 4.79 Å². The normalized spacial score (nSPS) is 19.0. The summed E-state index contributed by atoms with van der Waals surface area (Å²) in [6.07, 6.45) is 4.00. The SMILES string of the molecule is C/C(=C\NNC(=O)c1nnn(-c2nonc2N)c1C[NH+]1CCC(C)CC1)c1ccccc1. The number of benzene rings is 1. The molecule has 5 N–H and O–H groups in total. The Labute approximate surface area is 185 Å². The first-order valence-electron chi connectivity index (χ1n) is 10.7. The molecule has 0 aliphatic carbocycles. The fraction of sp³-hybridized carbons (Fsp3) is 0.381. The van der Waals surface area contributed by atoms with Crippen molar-refractivity contribution in [2.45, 2.75) is 33.2 Å². The Balaban J connectivity index is 1.52. The lowest BCUT2D eigenvalue weighted by molar-refractivity contribution is -0.920. The van der Waals surface area contributed by atoms with Crippen LogP contribution in [0, 0.1) is 5.92 Å². The number of amides is 1. The lowest BCUT2D eigenvalue weighted by Gasteiger charge is -2.27. The Hall–Kier alpha value is -3.73. The number of hydrogen-bond acceptors (Lipinski definition) is 8. The number of allylic oxidation sites excluding steroid dienone is 1. The molecule has 1 aromatic carbocycles. The molecule has 1 aliphatic rings. The number of piperidine rings is 1. The lowest BCUT2D eigenvalue weighted by Crippen LogP contribution is -3.11. The average Bonchev–Trinajstić information content (AvgIpc) is 3.41. The molecule has 0 saturated carbocycles. The van der Waals surface area contributed by atoms with E-state index in [0.717, 1.165) is 37.1 Å². The number of aromatic nitrogens is 5. The van der Waals surface area contributed by atoms with Crippen LogP contribution in [0.3, 0.4) is 0 Å². The molecule has 0 spiro atoms. The van der Waals surface area contributed by atoms with Crippen molar-refractivity contribution >= 4 is 17.3 Å². The summed E-state index contributed by atoms with van der Waals surface area (Å²) in [6, 6.07) is 9.88. The zero-order valence-electron chi connectivity index (χ0n) is 18.2. The van der Waals surface area contributed by atoms with Crippen LogP contribution in [-0.2, 0) is 6.54 Å². The number of carbonyl (C=O) groups is 1. The predicted molar refractivity (Wildman–Crippen MR) is 117 cm³/mol. The summed E-state index contributed by atoms with van der Waals surface area (Å²) in [7, 11) is 0. The van der Waals surface area contributed by atoms with Crippen molar-refractivity contribution in [2.24, 2.45) is 5.92 Å². The first kappa shape index (κ1) is 21.5. The van der Waals surface area contributed by atoms with Crippen molar-refractivity contribution in [2.75, 3.05) is 18.8 Å². The Kier molecular flexibility index (Phi) is 6.45. The van der Waals surface area contributed by atoms with Crippen LogP contribution in [0.1, 0.15) is 48.4 Å². The highest BCUT2D eigenvalue weighted by Crippen LogP contribution is 2.16. The van der Waals surface area contributed by atoms with E-state index < -0.39 is 5.91 Å². The molecule has 0 atom stereocenters. The highest BCUT2D eigenvalue weighted by atomic mass is 16.6. The van der Waals surface area contributed by atoms with Crippen molar-refractivity contribution < 1.29 is 14.3 Å². The van der Waals surface area contributed by atoms with Crippen LogP contribution in [0.25, 0.3) is 11.4 Å². The zero-order valence-corrected chi connectivity index (χ0v) is 18.2. The number of nitrogens with one attached hydrogen (secondary N) is 3. The first-order valence-corrected chi connectivity index (χ1v) is 10.7. The summed E-state index contributed by atoms with van der Waals surface area (Å²) in [4.78, 5) is 14.3. The maximum atomic E-state index is 12.9. The second kappa shape index (κ2) is 9.60. The molecule has 1 amide bonds. The maximum Gasteiger partial charge on any atom is 0.292 e. The standard InChI is InChI=1S/C21H27N9O2/c1-14-8-10-29(11-9-14)13-17-18(24-28-30(17)20-19(22)26-32-27-20)21(31)25-23-12-15(2)16-6-4-3-5-7-16/h3-7,12,14,23H,8-11,13H2,1-2H3,(H2,22,26)(H,25,31)/p+1/b15-12+. The maximum absolute atomic E-state index is 12.9. The molecule has 4 rings (SSSR count). The van der Waals surface area contributed by atoms with Gasteiger partial charge in [-0.2, -0.15) is 4.68 Å². The van der Waals surface area contributed by atoms with E-state index in [1.54, 1.807) is 6.20 Å². The van der Waals surface area contributed by atoms with Gasteiger partial charge in [0.1, 0.15) is 12.2 Å². The fourth-order valence-corrected chi connectivity index (χ4v) is 3.78. The fourth-order valence-electron chi connectivity index (χ4n) is 3.78. The number of rotatable bonds is 7. The number of hydrogen-bond donors (Lipinski definition) is 4. The topological polar surface area (TPSA) is 141 Å². The molecule has 1 aliphatic heterocycles. The van der Waals surface area contributed by atoms with Crippen LogP contribution < -0.4 is 21.5 Å². The van der Waals surface area contributed by atoms with E-state index >= 15 is 0 Å². The molecular weight excluding hydrogens is 410 g/mol. The van der Waals surface area contributed by atoms with Gasteiger partial charge in [-0.1, -0.05) is 42.5 Å². The molecule has 32 heavy (non-hydrogen) atoms. The molecule has 11 nitrogen and oxygen atoms in total. The number of carbonyl (C=O) groups excluding carboxylic acids is 1. The van der Waals surface area contributed by atoms with E-state index in [0.29, 0.717) is 18.2 Å². The van der Waals surface area contributed by atoms with Crippen LogP contribution in [0.5, 0.6) is 0 Å². The third-order valence-corrected chi connectivity index (χ3v) is 5.78. The van der Waals surface area contributed by atoms with Gasteiger partial charge < -0.3 is 16.1 Å². The second-order valence-corrected chi connectivity index (χ2v) is 8.17. The molecule has 11 heteroatoms. The number of nitrogens with two attached hydrogens (primary N) is 1. The summed E-state index contributed by atoms with van der Waals surface area (Å²) >= 11 is 0. The van der Waals surface area contributed by atoms with Gasteiger partial charge in [0, 0.05) is 6.20 Å². The van der Waals surface area contributed by atoms with Crippen LogP contribution >= 0.6 is 0 Å². The van der Waals surface area contributed by atoms with Crippen molar-refractivity contribution in [1.82, 2.24) is 36.2 Å². The quantitative estimate of drug-likeness (QED) is 0.387. The largest absolute Gasteiger partial charge is 0.378 e. The van der Waals surface area contributed by atoms with Gasteiger partial charge in [0.25, 0.3) is 5.91 Å². The summed E-state index contributed by atoms with van der Waals surface area (Å²) in [6.45, 7) is 6.80. The number of nitrogen functional groups attached to an aromatic ring is 1. The summed E-state index contributed by atoms with van der Waals surface area (Å²) < 4.78 is 6.16. The smallest absolute Gasteiger partial charge is 0.292 e. The number of nitrogens with zero attached hydrogens (tertiary/aromatic N) is 5. The summed E-state index contributed by atoms with van der Waals surface area (Å²) in [5.41, 5.74) is 14.2. The number of quaternary nitrogens is 1. The van der Waals surface area contributed by atoms with E-state index in [4.69, 9.17) is 10.4 Å². The van der Waals surface area contributed by atoms with Gasteiger partial charge in [-0.3, -0.25) is 10.2 Å². The Morgan fingerprint density at radius 1 is 1.28 bits per heavy atom.